The third kappa shape index (κ3) is 4.52. The van der Waals surface area contributed by atoms with Crippen molar-refractivity contribution in [2.24, 2.45) is 0 Å². The number of nitrogens with one attached hydrogen (secondary N) is 2. The molecule has 1 aliphatic rings. The monoisotopic (exact) mass is 409 g/mol. The summed E-state index contributed by atoms with van der Waals surface area (Å²) in [5.74, 6) is -0.128. The molecule has 4 N–H and O–H groups in total. The number of rotatable bonds is 5. The molecule has 0 aliphatic carbocycles. The smallest absolute Gasteiger partial charge is 0.263 e. The summed E-state index contributed by atoms with van der Waals surface area (Å²) in [7, 11) is 0. The van der Waals surface area contributed by atoms with Crippen molar-refractivity contribution in [3.05, 3.63) is 52.5 Å². The van der Waals surface area contributed by atoms with E-state index in [1.165, 1.54) is 29.0 Å². The topological polar surface area (TPSA) is 83.3 Å². The number of thiophene rings is 1. The lowest BCUT2D eigenvalue weighted by Gasteiger charge is -2.22. The molecule has 3 aromatic rings. The SMILES string of the molecule is Cc1ccc2c(N)c(C(=O)NCCc3ccc(N4CCCNCC4)cc3)sc2n1. The van der Waals surface area contributed by atoms with Crippen LogP contribution in [0.4, 0.5) is 11.4 Å². The summed E-state index contributed by atoms with van der Waals surface area (Å²) in [5, 5.41) is 7.28. The Morgan fingerprint density at radius 1 is 1.21 bits per heavy atom. The van der Waals surface area contributed by atoms with Crippen LogP contribution in [0.3, 0.4) is 0 Å². The first-order valence-corrected chi connectivity index (χ1v) is 10.9. The summed E-state index contributed by atoms with van der Waals surface area (Å²) in [6, 6.07) is 12.5. The fraction of sp³-hybridized carbons (Fsp3) is 0.364. The molecule has 1 aromatic carbocycles. The molecule has 6 nitrogen and oxygen atoms in total. The van der Waals surface area contributed by atoms with Crippen LogP contribution in [-0.2, 0) is 6.42 Å². The number of aromatic nitrogens is 1. The molecule has 4 rings (SSSR count). The Balaban J connectivity index is 1.34. The van der Waals surface area contributed by atoms with E-state index in [-0.39, 0.29) is 5.91 Å². The van der Waals surface area contributed by atoms with E-state index < -0.39 is 0 Å². The Kier molecular flexibility index (Phi) is 5.97. The number of amides is 1. The Labute approximate surface area is 175 Å². The minimum atomic E-state index is -0.128. The lowest BCUT2D eigenvalue weighted by molar-refractivity contribution is 0.0959. The Morgan fingerprint density at radius 2 is 2.03 bits per heavy atom. The van der Waals surface area contributed by atoms with E-state index in [2.05, 4.69) is 44.8 Å². The minimum Gasteiger partial charge on any atom is -0.397 e. The molecule has 152 valence electrons. The largest absolute Gasteiger partial charge is 0.397 e. The second-order valence-corrected chi connectivity index (χ2v) is 8.41. The predicted octanol–water partition coefficient (Wildman–Crippen LogP) is 2.96. The number of carbonyl (C=O) groups excluding carboxylic acids is 1. The highest BCUT2D eigenvalue weighted by molar-refractivity contribution is 7.21. The third-order valence-electron chi connectivity index (χ3n) is 5.28. The van der Waals surface area contributed by atoms with Gasteiger partial charge in [-0.2, -0.15) is 0 Å². The maximum atomic E-state index is 12.6. The number of nitrogen functional groups attached to an aromatic ring is 1. The van der Waals surface area contributed by atoms with Crippen LogP contribution in [0, 0.1) is 6.92 Å². The standard InChI is InChI=1S/C22H27N5OS/c1-15-3-8-18-19(23)20(29-22(18)26-15)21(28)25-11-9-16-4-6-17(7-5-16)27-13-2-10-24-12-14-27/h3-8,24H,2,9-14,23H2,1H3,(H,25,28). The van der Waals surface area contributed by atoms with Crippen molar-refractivity contribution >= 4 is 38.8 Å². The zero-order valence-corrected chi connectivity index (χ0v) is 17.5. The van der Waals surface area contributed by atoms with Crippen LogP contribution < -0.4 is 21.3 Å². The normalized spacial score (nSPS) is 14.7. The van der Waals surface area contributed by atoms with E-state index >= 15 is 0 Å². The van der Waals surface area contributed by atoms with Crippen LogP contribution in [0.25, 0.3) is 10.2 Å². The molecular weight excluding hydrogens is 382 g/mol. The molecule has 1 fully saturated rings. The van der Waals surface area contributed by atoms with Gasteiger partial charge < -0.3 is 21.3 Å². The molecule has 0 bridgehead atoms. The van der Waals surface area contributed by atoms with Gasteiger partial charge in [0.25, 0.3) is 5.91 Å². The van der Waals surface area contributed by atoms with E-state index in [0.717, 1.165) is 48.5 Å². The van der Waals surface area contributed by atoms with Gasteiger partial charge in [-0.1, -0.05) is 12.1 Å². The predicted molar refractivity (Wildman–Crippen MR) is 121 cm³/mol. The molecule has 0 unspecified atom stereocenters. The highest BCUT2D eigenvalue weighted by atomic mass is 32.1. The number of nitrogens with two attached hydrogens (primary N) is 1. The van der Waals surface area contributed by atoms with Gasteiger partial charge in [-0.05, 0) is 56.1 Å². The molecule has 29 heavy (non-hydrogen) atoms. The molecular formula is C22H27N5OS. The summed E-state index contributed by atoms with van der Waals surface area (Å²) in [6.45, 7) is 6.77. The molecule has 0 atom stereocenters. The molecule has 1 aliphatic heterocycles. The maximum Gasteiger partial charge on any atom is 0.263 e. The summed E-state index contributed by atoms with van der Waals surface area (Å²) in [6.07, 6.45) is 1.96. The van der Waals surface area contributed by atoms with E-state index in [1.807, 2.05) is 19.1 Å². The van der Waals surface area contributed by atoms with Crippen LogP contribution in [0.5, 0.6) is 0 Å². The summed E-state index contributed by atoms with van der Waals surface area (Å²) >= 11 is 1.35. The number of anilines is 2. The lowest BCUT2D eigenvalue weighted by atomic mass is 10.1. The highest BCUT2D eigenvalue weighted by Crippen LogP contribution is 2.32. The van der Waals surface area contributed by atoms with Crippen molar-refractivity contribution in [2.45, 2.75) is 19.8 Å². The average Bonchev–Trinajstić information content (AvgIpc) is 2.89. The lowest BCUT2D eigenvalue weighted by Crippen LogP contribution is -2.27. The van der Waals surface area contributed by atoms with Gasteiger partial charge in [0.2, 0.25) is 0 Å². The zero-order chi connectivity index (χ0) is 20.2. The fourth-order valence-electron chi connectivity index (χ4n) is 3.64. The van der Waals surface area contributed by atoms with Gasteiger partial charge in [0.15, 0.2) is 0 Å². The first-order chi connectivity index (χ1) is 14.1. The number of carbonyl (C=O) groups is 1. The van der Waals surface area contributed by atoms with Crippen LogP contribution in [0.2, 0.25) is 0 Å². The quantitative estimate of drug-likeness (QED) is 0.603. The number of aryl methyl sites for hydroxylation is 1. The second-order valence-electron chi connectivity index (χ2n) is 7.41. The van der Waals surface area contributed by atoms with Crippen LogP contribution in [-0.4, -0.2) is 43.6 Å². The van der Waals surface area contributed by atoms with E-state index in [1.54, 1.807) is 0 Å². The number of pyridine rings is 1. The van der Waals surface area contributed by atoms with Crippen LogP contribution in [0.15, 0.2) is 36.4 Å². The highest BCUT2D eigenvalue weighted by Gasteiger charge is 2.17. The van der Waals surface area contributed by atoms with E-state index in [4.69, 9.17) is 5.73 Å². The molecule has 2 aromatic heterocycles. The van der Waals surface area contributed by atoms with Gasteiger partial charge in [-0.25, -0.2) is 4.98 Å². The number of nitrogens with zero attached hydrogens (tertiary/aromatic N) is 2. The third-order valence-corrected chi connectivity index (χ3v) is 6.39. The fourth-order valence-corrected chi connectivity index (χ4v) is 4.69. The summed E-state index contributed by atoms with van der Waals surface area (Å²) in [4.78, 5) is 20.8. The molecule has 0 spiro atoms. The van der Waals surface area contributed by atoms with Gasteiger partial charge >= 0.3 is 0 Å². The Bertz CT molecular complexity index is 990. The van der Waals surface area contributed by atoms with E-state index in [0.29, 0.717) is 17.1 Å². The molecule has 7 heteroatoms. The maximum absolute atomic E-state index is 12.6. The molecule has 3 heterocycles. The Hall–Kier alpha value is -2.64. The Morgan fingerprint density at radius 3 is 2.86 bits per heavy atom. The number of benzene rings is 1. The van der Waals surface area contributed by atoms with Crippen molar-refractivity contribution in [1.29, 1.82) is 0 Å². The number of fused-ring (bicyclic) bond motifs is 1. The van der Waals surface area contributed by atoms with Gasteiger partial charge in [-0.15, -0.1) is 11.3 Å². The summed E-state index contributed by atoms with van der Waals surface area (Å²) in [5.41, 5.74) is 10.1. The van der Waals surface area contributed by atoms with Crippen LogP contribution in [0.1, 0.15) is 27.3 Å². The van der Waals surface area contributed by atoms with Gasteiger partial charge in [-0.3, -0.25) is 4.79 Å². The van der Waals surface area contributed by atoms with Gasteiger partial charge in [0.1, 0.15) is 9.71 Å². The van der Waals surface area contributed by atoms with Gasteiger partial charge in [0.05, 0.1) is 5.69 Å². The van der Waals surface area contributed by atoms with Crippen molar-refractivity contribution in [2.75, 3.05) is 43.4 Å². The van der Waals surface area contributed by atoms with Gasteiger partial charge in [0, 0.05) is 42.9 Å². The van der Waals surface area contributed by atoms with Crippen molar-refractivity contribution in [1.82, 2.24) is 15.6 Å². The minimum absolute atomic E-state index is 0.128. The molecule has 0 radical (unpaired) electrons. The zero-order valence-electron chi connectivity index (χ0n) is 16.7. The summed E-state index contributed by atoms with van der Waals surface area (Å²) < 4.78 is 0. The molecule has 0 saturated carbocycles. The number of hydrogen-bond acceptors (Lipinski definition) is 6. The van der Waals surface area contributed by atoms with Crippen molar-refractivity contribution in [3.8, 4) is 0 Å². The molecule has 1 saturated heterocycles. The first kappa shape index (κ1) is 19.7. The molecule has 1 amide bonds. The first-order valence-electron chi connectivity index (χ1n) is 10.1. The average molecular weight is 410 g/mol. The second kappa shape index (κ2) is 8.80. The number of hydrogen-bond donors (Lipinski definition) is 3. The van der Waals surface area contributed by atoms with E-state index in [9.17, 15) is 4.79 Å². The van der Waals surface area contributed by atoms with Crippen LogP contribution >= 0.6 is 11.3 Å². The van der Waals surface area contributed by atoms with Crippen molar-refractivity contribution in [3.63, 3.8) is 0 Å². The van der Waals surface area contributed by atoms with Crippen molar-refractivity contribution < 1.29 is 4.79 Å².